The minimum atomic E-state index is -0.139. The molecule has 6 heteroatoms. The zero-order chi connectivity index (χ0) is 20.6. The van der Waals surface area contributed by atoms with Crippen LogP contribution >= 0.6 is 0 Å². The number of urea groups is 1. The average Bonchev–Trinajstić information content (AvgIpc) is 2.76. The van der Waals surface area contributed by atoms with Crippen molar-refractivity contribution in [1.29, 1.82) is 0 Å². The van der Waals surface area contributed by atoms with E-state index in [0.29, 0.717) is 38.3 Å². The predicted molar refractivity (Wildman–Crippen MR) is 115 cm³/mol. The van der Waals surface area contributed by atoms with Crippen LogP contribution in [0.1, 0.15) is 35.7 Å². The van der Waals surface area contributed by atoms with Gasteiger partial charge in [0.05, 0.1) is 6.61 Å². The van der Waals surface area contributed by atoms with Gasteiger partial charge in [-0.25, -0.2) is 4.79 Å². The third-order valence-corrected chi connectivity index (χ3v) is 5.08. The second-order valence-electron chi connectivity index (χ2n) is 7.25. The van der Waals surface area contributed by atoms with E-state index < -0.39 is 0 Å². The van der Waals surface area contributed by atoms with E-state index in [4.69, 9.17) is 4.74 Å². The van der Waals surface area contributed by atoms with E-state index in [1.54, 1.807) is 9.80 Å². The third-order valence-electron chi connectivity index (χ3n) is 5.08. The SMILES string of the molecule is CCCCOc1ccc(NC(=O)N2CCN(C(=O)c3ccccc3)CC2)c(C)c1. The maximum absolute atomic E-state index is 12.6. The minimum absolute atomic E-state index is 0.0140. The van der Waals surface area contributed by atoms with Crippen LogP contribution in [0.4, 0.5) is 10.5 Å². The zero-order valence-electron chi connectivity index (χ0n) is 17.2. The highest BCUT2D eigenvalue weighted by Gasteiger charge is 2.25. The molecule has 1 aliphatic heterocycles. The number of unbranched alkanes of at least 4 members (excludes halogenated alkanes) is 1. The second-order valence-corrected chi connectivity index (χ2v) is 7.25. The van der Waals surface area contributed by atoms with Crippen LogP contribution in [0.2, 0.25) is 0 Å². The molecular formula is C23H29N3O3. The molecule has 0 aliphatic carbocycles. The highest BCUT2D eigenvalue weighted by Crippen LogP contribution is 2.22. The van der Waals surface area contributed by atoms with Crippen LogP contribution in [-0.2, 0) is 0 Å². The Morgan fingerprint density at radius 1 is 1.00 bits per heavy atom. The van der Waals surface area contributed by atoms with Gasteiger partial charge in [0.15, 0.2) is 0 Å². The van der Waals surface area contributed by atoms with Crippen molar-refractivity contribution in [3.05, 3.63) is 59.7 Å². The Bertz CT molecular complexity index is 831. The van der Waals surface area contributed by atoms with Gasteiger partial charge < -0.3 is 19.9 Å². The van der Waals surface area contributed by atoms with E-state index in [-0.39, 0.29) is 11.9 Å². The Kier molecular flexibility index (Phi) is 7.11. The van der Waals surface area contributed by atoms with Crippen molar-refractivity contribution >= 4 is 17.6 Å². The summed E-state index contributed by atoms with van der Waals surface area (Å²) in [5.41, 5.74) is 2.42. The number of aryl methyl sites for hydroxylation is 1. The Hall–Kier alpha value is -3.02. The van der Waals surface area contributed by atoms with Crippen molar-refractivity contribution in [2.75, 3.05) is 38.1 Å². The molecule has 0 saturated carbocycles. The molecule has 154 valence electrons. The van der Waals surface area contributed by atoms with Crippen LogP contribution in [0.25, 0.3) is 0 Å². The van der Waals surface area contributed by atoms with Crippen LogP contribution in [-0.4, -0.2) is 54.5 Å². The normalized spacial score (nSPS) is 13.9. The van der Waals surface area contributed by atoms with Gasteiger partial charge in [-0.1, -0.05) is 31.5 Å². The molecule has 1 heterocycles. The molecular weight excluding hydrogens is 366 g/mol. The number of carbonyl (C=O) groups excluding carboxylic acids is 2. The molecule has 29 heavy (non-hydrogen) atoms. The van der Waals surface area contributed by atoms with Crippen molar-refractivity contribution in [2.45, 2.75) is 26.7 Å². The standard InChI is InChI=1S/C23H29N3O3/c1-3-4-16-29-20-10-11-21(18(2)17-20)24-23(28)26-14-12-25(13-15-26)22(27)19-8-6-5-7-9-19/h5-11,17H,3-4,12-16H2,1-2H3,(H,24,28). The van der Waals surface area contributed by atoms with Gasteiger partial charge in [-0.2, -0.15) is 0 Å². The molecule has 2 aromatic carbocycles. The number of piperazine rings is 1. The molecule has 0 spiro atoms. The summed E-state index contributed by atoms with van der Waals surface area (Å²) in [5.74, 6) is 0.835. The summed E-state index contributed by atoms with van der Waals surface area (Å²) in [5, 5.41) is 2.98. The van der Waals surface area contributed by atoms with Gasteiger partial charge in [-0.3, -0.25) is 4.79 Å². The predicted octanol–water partition coefficient (Wildman–Crippen LogP) is 4.16. The molecule has 1 aliphatic rings. The minimum Gasteiger partial charge on any atom is -0.494 e. The number of benzene rings is 2. The van der Waals surface area contributed by atoms with Crippen LogP contribution in [0.5, 0.6) is 5.75 Å². The Morgan fingerprint density at radius 2 is 1.69 bits per heavy atom. The third kappa shape index (κ3) is 5.50. The van der Waals surface area contributed by atoms with Crippen LogP contribution in [0, 0.1) is 6.92 Å². The molecule has 3 amide bonds. The van der Waals surface area contributed by atoms with Crippen molar-refractivity contribution in [3.8, 4) is 5.75 Å². The number of nitrogens with one attached hydrogen (secondary N) is 1. The average molecular weight is 396 g/mol. The summed E-state index contributed by atoms with van der Waals surface area (Å²) in [4.78, 5) is 28.7. The monoisotopic (exact) mass is 395 g/mol. The van der Waals surface area contributed by atoms with Crippen LogP contribution < -0.4 is 10.1 Å². The Labute approximate surface area is 172 Å². The number of nitrogens with zero attached hydrogens (tertiary/aromatic N) is 2. The number of carbonyl (C=O) groups is 2. The first-order chi connectivity index (χ1) is 14.1. The molecule has 0 radical (unpaired) electrons. The summed E-state index contributed by atoms with van der Waals surface area (Å²) < 4.78 is 5.71. The van der Waals surface area contributed by atoms with Gasteiger partial charge >= 0.3 is 6.03 Å². The van der Waals surface area contributed by atoms with E-state index in [2.05, 4.69) is 12.2 Å². The van der Waals surface area contributed by atoms with Gasteiger partial charge in [0, 0.05) is 37.4 Å². The molecule has 6 nitrogen and oxygen atoms in total. The zero-order valence-corrected chi connectivity index (χ0v) is 17.2. The second kappa shape index (κ2) is 9.96. The van der Waals surface area contributed by atoms with Crippen LogP contribution in [0.15, 0.2) is 48.5 Å². The molecule has 0 unspecified atom stereocenters. The fraction of sp³-hybridized carbons (Fsp3) is 0.391. The first-order valence-corrected chi connectivity index (χ1v) is 10.2. The van der Waals surface area contributed by atoms with Gasteiger partial charge in [-0.05, 0) is 49.2 Å². The quantitative estimate of drug-likeness (QED) is 0.747. The molecule has 0 aromatic heterocycles. The first kappa shape index (κ1) is 20.7. The van der Waals surface area contributed by atoms with E-state index in [1.165, 1.54) is 0 Å². The lowest BCUT2D eigenvalue weighted by atomic mass is 10.2. The summed E-state index contributed by atoms with van der Waals surface area (Å²) in [6.07, 6.45) is 2.12. The highest BCUT2D eigenvalue weighted by atomic mass is 16.5. The van der Waals surface area contributed by atoms with Crippen molar-refractivity contribution in [1.82, 2.24) is 9.80 Å². The Balaban J connectivity index is 1.51. The number of amides is 3. The largest absolute Gasteiger partial charge is 0.494 e. The topological polar surface area (TPSA) is 61.9 Å². The molecule has 3 rings (SSSR count). The van der Waals surface area contributed by atoms with E-state index in [9.17, 15) is 9.59 Å². The smallest absolute Gasteiger partial charge is 0.321 e. The lowest BCUT2D eigenvalue weighted by Crippen LogP contribution is -2.51. The number of rotatable bonds is 6. The molecule has 1 saturated heterocycles. The lowest BCUT2D eigenvalue weighted by molar-refractivity contribution is 0.0671. The van der Waals surface area contributed by atoms with Crippen molar-refractivity contribution < 1.29 is 14.3 Å². The summed E-state index contributed by atoms with van der Waals surface area (Å²) in [6.45, 7) is 6.88. The maximum Gasteiger partial charge on any atom is 0.321 e. The van der Waals surface area contributed by atoms with E-state index in [0.717, 1.165) is 29.8 Å². The number of hydrogen-bond donors (Lipinski definition) is 1. The van der Waals surface area contributed by atoms with Gasteiger partial charge in [0.2, 0.25) is 0 Å². The highest BCUT2D eigenvalue weighted by molar-refractivity contribution is 5.94. The molecule has 0 atom stereocenters. The molecule has 0 bridgehead atoms. The van der Waals surface area contributed by atoms with Crippen molar-refractivity contribution in [2.24, 2.45) is 0 Å². The maximum atomic E-state index is 12.6. The van der Waals surface area contributed by atoms with Gasteiger partial charge in [-0.15, -0.1) is 0 Å². The molecule has 2 aromatic rings. The van der Waals surface area contributed by atoms with Crippen LogP contribution in [0.3, 0.4) is 0 Å². The van der Waals surface area contributed by atoms with Gasteiger partial charge in [0.1, 0.15) is 5.75 Å². The number of ether oxygens (including phenoxy) is 1. The summed E-state index contributed by atoms with van der Waals surface area (Å²) in [6, 6.07) is 14.8. The fourth-order valence-electron chi connectivity index (χ4n) is 3.27. The van der Waals surface area contributed by atoms with Gasteiger partial charge in [0.25, 0.3) is 5.91 Å². The van der Waals surface area contributed by atoms with E-state index >= 15 is 0 Å². The van der Waals surface area contributed by atoms with Crippen molar-refractivity contribution in [3.63, 3.8) is 0 Å². The lowest BCUT2D eigenvalue weighted by Gasteiger charge is -2.34. The summed E-state index contributed by atoms with van der Waals surface area (Å²) >= 11 is 0. The van der Waals surface area contributed by atoms with E-state index in [1.807, 2.05) is 55.5 Å². The number of hydrogen-bond acceptors (Lipinski definition) is 3. The Morgan fingerprint density at radius 3 is 2.34 bits per heavy atom. The summed E-state index contributed by atoms with van der Waals surface area (Å²) in [7, 11) is 0. The fourth-order valence-corrected chi connectivity index (χ4v) is 3.27. The number of anilines is 1. The first-order valence-electron chi connectivity index (χ1n) is 10.2. The molecule has 1 N–H and O–H groups in total. The molecule has 1 fully saturated rings.